The number of carboxylic acids is 1. The topological polar surface area (TPSA) is 46.5 Å². The zero-order valence-electron chi connectivity index (χ0n) is 8.96. The van der Waals surface area contributed by atoms with Crippen LogP contribution in [-0.4, -0.2) is 23.3 Å². The van der Waals surface area contributed by atoms with Gasteiger partial charge >= 0.3 is 5.97 Å². The molecule has 0 aliphatic rings. The molecule has 0 heterocycles. The molecule has 0 aromatic carbocycles. The van der Waals surface area contributed by atoms with Gasteiger partial charge in [-0.25, -0.2) is 0 Å². The summed E-state index contributed by atoms with van der Waals surface area (Å²) in [6.07, 6.45) is 1.50. The molecule has 0 aliphatic heterocycles. The summed E-state index contributed by atoms with van der Waals surface area (Å²) >= 11 is 0. The smallest absolute Gasteiger partial charge is 0.306 e. The lowest BCUT2D eigenvalue weighted by molar-refractivity contribution is -0.141. The van der Waals surface area contributed by atoms with Gasteiger partial charge in [0.15, 0.2) is 0 Å². The molecular weight excluding hydrogens is 168 g/mol. The van der Waals surface area contributed by atoms with E-state index in [1.807, 2.05) is 20.8 Å². The molecule has 0 rings (SSSR count). The van der Waals surface area contributed by atoms with E-state index in [1.165, 1.54) is 0 Å². The average Bonchev–Trinajstić information content (AvgIpc) is 1.95. The fourth-order valence-electron chi connectivity index (χ4n) is 0.891. The highest BCUT2D eigenvalue weighted by Gasteiger charge is 2.12. The molecule has 3 heteroatoms. The van der Waals surface area contributed by atoms with Gasteiger partial charge in [0, 0.05) is 6.61 Å². The van der Waals surface area contributed by atoms with E-state index in [2.05, 4.69) is 0 Å². The molecule has 1 unspecified atom stereocenters. The Morgan fingerprint density at radius 3 is 2.38 bits per heavy atom. The molecule has 0 saturated carbocycles. The zero-order chi connectivity index (χ0) is 10.5. The zero-order valence-corrected chi connectivity index (χ0v) is 8.96. The fourth-order valence-corrected chi connectivity index (χ4v) is 0.891. The molecular formula is C10H20O3. The van der Waals surface area contributed by atoms with Crippen LogP contribution in [0.2, 0.25) is 0 Å². The van der Waals surface area contributed by atoms with Gasteiger partial charge in [-0.05, 0) is 33.6 Å². The average molecular weight is 188 g/mol. The van der Waals surface area contributed by atoms with E-state index in [-0.39, 0.29) is 11.5 Å². The first-order valence-electron chi connectivity index (χ1n) is 4.69. The maximum atomic E-state index is 10.4. The van der Waals surface area contributed by atoms with Crippen LogP contribution in [-0.2, 0) is 9.53 Å². The van der Waals surface area contributed by atoms with Crippen molar-refractivity contribution in [2.24, 2.45) is 5.92 Å². The Morgan fingerprint density at radius 2 is 2.00 bits per heavy atom. The summed E-state index contributed by atoms with van der Waals surface area (Å²) < 4.78 is 5.47. The summed E-state index contributed by atoms with van der Waals surface area (Å²) in [5.41, 5.74) is -0.119. The van der Waals surface area contributed by atoms with Crippen molar-refractivity contribution in [3.8, 4) is 0 Å². The van der Waals surface area contributed by atoms with E-state index in [0.29, 0.717) is 13.0 Å². The summed E-state index contributed by atoms with van der Waals surface area (Å²) in [6, 6.07) is 0. The molecule has 0 bridgehead atoms. The van der Waals surface area contributed by atoms with Crippen LogP contribution in [0.1, 0.15) is 40.5 Å². The van der Waals surface area contributed by atoms with Crippen molar-refractivity contribution in [1.82, 2.24) is 0 Å². The monoisotopic (exact) mass is 188 g/mol. The van der Waals surface area contributed by atoms with Gasteiger partial charge < -0.3 is 9.84 Å². The van der Waals surface area contributed by atoms with Gasteiger partial charge in [-0.2, -0.15) is 0 Å². The molecule has 0 aliphatic carbocycles. The molecule has 0 radical (unpaired) electrons. The quantitative estimate of drug-likeness (QED) is 0.673. The van der Waals surface area contributed by atoms with Crippen LogP contribution in [0.3, 0.4) is 0 Å². The number of ether oxygens (including phenoxy) is 1. The van der Waals surface area contributed by atoms with Gasteiger partial charge in [0.05, 0.1) is 11.5 Å². The maximum absolute atomic E-state index is 10.4. The Hall–Kier alpha value is -0.570. The lowest BCUT2D eigenvalue weighted by Gasteiger charge is -2.19. The Kier molecular flexibility index (Phi) is 4.99. The van der Waals surface area contributed by atoms with Crippen LogP contribution in [0.5, 0.6) is 0 Å². The van der Waals surface area contributed by atoms with Gasteiger partial charge in [0.1, 0.15) is 0 Å². The number of carbonyl (C=O) groups is 1. The highest BCUT2D eigenvalue weighted by molar-refractivity contribution is 5.69. The van der Waals surface area contributed by atoms with E-state index in [4.69, 9.17) is 9.84 Å². The minimum Gasteiger partial charge on any atom is -0.481 e. The molecule has 0 saturated heterocycles. The van der Waals surface area contributed by atoms with E-state index in [9.17, 15) is 4.79 Å². The Bertz CT molecular complexity index is 158. The highest BCUT2D eigenvalue weighted by Crippen LogP contribution is 2.10. The molecule has 0 spiro atoms. The summed E-state index contributed by atoms with van der Waals surface area (Å²) in [6.45, 7) is 8.34. The van der Waals surface area contributed by atoms with Crippen LogP contribution in [0.25, 0.3) is 0 Å². The molecule has 13 heavy (non-hydrogen) atoms. The second kappa shape index (κ2) is 5.22. The molecule has 1 N–H and O–H groups in total. The molecule has 0 aromatic rings. The van der Waals surface area contributed by atoms with Crippen LogP contribution in [0.15, 0.2) is 0 Å². The van der Waals surface area contributed by atoms with Crippen LogP contribution < -0.4 is 0 Å². The fraction of sp³-hybridized carbons (Fsp3) is 0.900. The standard InChI is InChI=1S/C10H20O3/c1-8(9(11)12)6-5-7-13-10(2,3)4/h8H,5-7H2,1-4H3,(H,11,12). The van der Waals surface area contributed by atoms with E-state index in [1.54, 1.807) is 6.92 Å². The van der Waals surface area contributed by atoms with E-state index >= 15 is 0 Å². The van der Waals surface area contributed by atoms with Crippen molar-refractivity contribution in [3.05, 3.63) is 0 Å². The molecule has 0 aromatic heterocycles. The van der Waals surface area contributed by atoms with Crippen LogP contribution in [0, 0.1) is 5.92 Å². The second-order valence-electron chi connectivity index (χ2n) is 4.34. The maximum Gasteiger partial charge on any atom is 0.306 e. The number of rotatable bonds is 5. The van der Waals surface area contributed by atoms with E-state index in [0.717, 1.165) is 6.42 Å². The van der Waals surface area contributed by atoms with Crippen molar-refractivity contribution in [2.75, 3.05) is 6.61 Å². The predicted octanol–water partition coefficient (Wildman–Crippen LogP) is 2.30. The third-order valence-electron chi connectivity index (χ3n) is 1.74. The van der Waals surface area contributed by atoms with Gasteiger partial charge in [-0.3, -0.25) is 4.79 Å². The summed E-state index contributed by atoms with van der Waals surface area (Å²) in [7, 11) is 0. The van der Waals surface area contributed by atoms with E-state index < -0.39 is 5.97 Å². The summed E-state index contributed by atoms with van der Waals surface area (Å²) in [5.74, 6) is -0.987. The lowest BCUT2D eigenvalue weighted by atomic mass is 10.1. The first-order valence-corrected chi connectivity index (χ1v) is 4.69. The molecule has 3 nitrogen and oxygen atoms in total. The third kappa shape index (κ3) is 7.78. The second-order valence-corrected chi connectivity index (χ2v) is 4.34. The van der Waals surface area contributed by atoms with Crippen molar-refractivity contribution >= 4 is 5.97 Å². The lowest BCUT2D eigenvalue weighted by Crippen LogP contribution is -2.20. The number of hydrogen-bond donors (Lipinski definition) is 1. The number of aliphatic carboxylic acids is 1. The van der Waals surface area contributed by atoms with Gasteiger partial charge in [-0.15, -0.1) is 0 Å². The Labute approximate surface area is 80.1 Å². The largest absolute Gasteiger partial charge is 0.481 e. The van der Waals surface area contributed by atoms with Crippen molar-refractivity contribution < 1.29 is 14.6 Å². The number of hydrogen-bond acceptors (Lipinski definition) is 2. The van der Waals surface area contributed by atoms with Crippen molar-refractivity contribution in [2.45, 2.75) is 46.1 Å². The van der Waals surface area contributed by atoms with Crippen molar-refractivity contribution in [1.29, 1.82) is 0 Å². The minimum atomic E-state index is -0.726. The van der Waals surface area contributed by atoms with Gasteiger partial charge in [0.25, 0.3) is 0 Å². The molecule has 78 valence electrons. The van der Waals surface area contributed by atoms with Gasteiger partial charge in [0.2, 0.25) is 0 Å². The third-order valence-corrected chi connectivity index (χ3v) is 1.74. The first kappa shape index (κ1) is 12.4. The minimum absolute atomic E-state index is 0.119. The summed E-state index contributed by atoms with van der Waals surface area (Å²) in [5, 5.41) is 8.60. The SMILES string of the molecule is CC(CCCOC(C)(C)C)C(=O)O. The molecule has 0 fully saturated rings. The van der Waals surface area contributed by atoms with Crippen LogP contribution >= 0.6 is 0 Å². The normalized spacial score (nSPS) is 14.2. The molecule has 1 atom stereocenters. The Balaban J connectivity index is 3.41. The Morgan fingerprint density at radius 1 is 1.46 bits per heavy atom. The predicted molar refractivity (Wildman–Crippen MR) is 51.7 cm³/mol. The van der Waals surface area contributed by atoms with Gasteiger partial charge in [-0.1, -0.05) is 6.92 Å². The van der Waals surface area contributed by atoms with Crippen LogP contribution in [0.4, 0.5) is 0 Å². The summed E-state index contributed by atoms with van der Waals surface area (Å²) in [4.78, 5) is 10.4. The highest BCUT2D eigenvalue weighted by atomic mass is 16.5. The first-order chi connectivity index (χ1) is 5.83. The number of carboxylic acid groups (broad SMARTS) is 1. The van der Waals surface area contributed by atoms with Crippen molar-refractivity contribution in [3.63, 3.8) is 0 Å². The molecule has 0 amide bonds.